The molecule has 4 aliphatic rings. The van der Waals surface area contributed by atoms with Gasteiger partial charge in [0.2, 0.25) is 5.79 Å². The lowest BCUT2D eigenvalue weighted by atomic mass is 9.76. The van der Waals surface area contributed by atoms with E-state index in [9.17, 15) is 9.90 Å². The second-order valence-electron chi connectivity index (χ2n) is 8.38. The molecule has 0 saturated carbocycles. The molecule has 8 heteroatoms. The highest BCUT2D eigenvalue weighted by atomic mass is 16.8. The minimum Gasteiger partial charge on any atom is -0.465 e. The maximum absolute atomic E-state index is 12.4. The van der Waals surface area contributed by atoms with Gasteiger partial charge >= 0.3 is 5.97 Å². The second-order valence-corrected chi connectivity index (χ2v) is 8.38. The van der Waals surface area contributed by atoms with Crippen LogP contribution in [0, 0.1) is 5.41 Å². The van der Waals surface area contributed by atoms with Crippen LogP contribution in [0.1, 0.15) is 41.0 Å². The van der Waals surface area contributed by atoms with Crippen molar-refractivity contribution in [3.63, 3.8) is 0 Å². The van der Waals surface area contributed by atoms with E-state index in [2.05, 4.69) is 0 Å². The molecule has 0 spiro atoms. The van der Waals surface area contributed by atoms with E-state index in [-0.39, 0.29) is 6.61 Å². The van der Waals surface area contributed by atoms with Crippen molar-refractivity contribution < 1.29 is 38.3 Å². The fraction of sp³-hybridized carbons (Fsp3) is 0.941. The fourth-order valence-corrected chi connectivity index (χ4v) is 4.22. The van der Waals surface area contributed by atoms with Gasteiger partial charge in [-0.05, 0) is 34.6 Å². The van der Waals surface area contributed by atoms with Gasteiger partial charge in [0.15, 0.2) is 11.6 Å². The normalized spacial score (nSPS) is 50.9. The van der Waals surface area contributed by atoms with E-state index in [4.69, 9.17) is 28.4 Å². The summed E-state index contributed by atoms with van der Waals surface area (Å²) in [5.74, 6) is -4.00. The van der Waals surface area contributed by atoms with Gasteiger partial charge < -0.3 is 33.5 Å². The summed E-state index contributed by atoms with van der Waals surface area (Å²) in [7, 11) is 0. The third-order valence-corrected chi connectivity index (χ3v) is 5.63. The molecule has 0 bridgehead atoms. The number of esters is 1. The monoisotopic (exact) mass is 358 g/mol. The first-order chi connectivity index (χ1) is 11.5. The number of hydrogen-bond donors (Lipinski definition) is 1. The Morgan fingerprint density at radius 2 is 1.68 bits per heavy atom. The molecular weight excluding hydrogens is 332 g/mol. The molecule has 4 saturated heterocycles. The Bertz CT molecular complexity index is 589. The van der Waals surface area contributed by atoms with Crippen molar-refractivity contribution in [3.05, 3.63) is 0 Å². The molecule has 0 radical (unpaired) electrons. The SMILES string of the molecule is CC1(C)OC[C@H]([C@H]2OC(O)([C@]3(C)CCOC3=O)[C@H]3OC(C)(C)O[C@@H]23)O1. The van der Waals surface area contributed by atoms with Crippen molar-refractivity contribution in [3.8, 4) is 0 Å². The van der Waals surface area contributed by atoms with Gasteiger partial charge in [0.25, 0.3) is 0 Å². The van der Waals surface area contributed by atoms with E-state index in [0.29, 0.717) is 13.0 Å². The van der Waals surface area contributed by atoms with Gasteiger partial charge in [0.1, 0.15) is 29.8 Å². The van der Waals surface area contributed by atoms with Crippen molar-refractivity contribution in [1.82, 2.24) is 0 Å². The van der Waals surface area contributed by atoms with E-state index in [0.717, 1.165) is 0 Å². The summed E-state index contributed by atoms with van der Waals surface area (Å²) in [5, 5.41) is 11.5. The summed E-state index contributed by atoms with van der Waals surface area (Å²) in [6.45, 7) is 9.37. The number of carbonyl (C=O) groups is 1. The van der Waals surface area contributed by atoms with Gasteiger partial charge in [0.05, 0.1) is 13.2 Å². The maximum Gasteiger partial charge on any atom is 0.317 e. The Kier molecular flexibility index (Phi) is 3.63. The van der Waals surface area contributed by atoms with Crippen LogP contribution >= 0.6 is 0 Å². The van der Waals surface area contributed by atoms with E-state index in [1.54, 1.807) is 20.8 Å². The summed E-state index contributed by atoms with van der Waals surface area (Å²) in [6.07, 6.45) is -2.11. The van der Waals surface area contributed by atoms with Crippen LogP contribution in [0.2, 0.25) is 0 Å². The topological polar surface area (TPSA) is 92.7 Å². The van der Waals surface area contributed by atoms with Gasteiger partial charge in [-0.3, -0.25) is 4.79 Å². The predicted octanol–water partition coefficient (Wildman–Crippen LogP) is 0.699. The van der Waals surface area contributed by atoms with E-state index in [1.807, 2.05) is 13.8 Å². The number of rotatable bonds is 2. The van der Waals surface area contributed by atoms with Crippen LogP contribution in [0.25, 0.3) is 0 Å². The molecule has 0 aromatic rings. The number of ether oxygens (including phenoxy) is 6. The number of hydrogen-bond acceptors (Lipinski definition) is 8. The summed E-state index contributed by atoms with van der Waals surface area (Å²) in [5.41, 5.74) is -1.23. The van der Waals surface area contributed by atoms with Crippen molar-refractivity contribution in [2.75, 3.05) is 13.2 Å². The van der Waals surface area contributed by atoms with E-state index in [1.165, 1.54) is 0 Å². The number of carbonyl (C=O) groups excluding carboxylic acids is 1. The Hall–Kier alpha value is -0.770. The molecule has 142 valence electrons. The third kappa shape index (κ3) is 2.46. The molecular formula is C17H26O8. The zero-order valence-corrected chi connectivity index (χ0v) is 15.2. The van der Waals surface area contributed by atoms with Gasteiger partial charge in [-0.2, -0.15) is 0 Å². The molecule has 1 unspecified atom stereocenters. The predicted molar refractivity (Wildman–Crippen MR) is 82.2 cm³/mol. The standard InChI is InChI=1S/C17H26O8/c1-14(2)21-8-9(22-14)10-11-12(25-15(3,4)23-11)17(19,24-10)16(5)6-7-20-13(16)18/h9-12,19H,6-8H2,1-5H3/t9-,10-,11+,12+,16-,17?/m1/s1. The lowest BCUT2D eigenvalue weighted by Crippen LogP contribution is -2.57. The Morgan fingerprint density at radius 1 is 0.960 bits per heavy atom. The smallest absolute Gasteiger partial charge is 0.317 e. The largest absolute Gasteiger partial charge is 0.465 e. The highest BCUT2D eigenvalue weighted by Gasteiger charge is 2.73. The van der Waals surface area contributed by atoms with E-state index < -0.39 is 53.2 Å². The van der Waals surface area contributed by atoms with Crippen LogP contribution in [0.5, 0.6) is 0 Å². The minimum atomic E-state index is -1.86. The first-order valence-corrected chi connectivity index (χ1v) is 8.72. The molecule has 0 aromatic heterocycles. The molecule has 0 amide bonds. The molecule has 4 fully saturated rings. The van der Waals surface area contributed by atoms with Crippen molar-refractivity contribution in [2.24, 2.45) is 5.41 Å². The lowest BCUT2D eigenvalue weighted by Gasteiger charge is -2.39. The summed E-state index contributed by atoms with van der Waals surface area (Å²) >= 11 is 0. The Morgan fingerprint density at radius 3 is 2.24 bits per heavy atom. The number of fused-ring (bicyclic) bond motifs is 1. The summed E-state index contributed by atoms with van der Waals surface area (Å²) in [4.78, 5) is 12.4. The quantitative estimate of drug-likeness (QED) is 0.721. The lowest BCUT2D eigenvalue weighted by molar-refractivity contribution is -0.318. The molecule has 25 heavy (non-hydrogen) atoms. The molecule has 0 aromatic carbocycles. The summed E-state index contributed by atoms with van der Waals surface area (Å²) < 4.78 is 34.7. The third-order valence-electron chi connectivity index (χ3n) is 5.63. The van der Waals surface area contributed by atoms with Crippen molar-refractivity contribution in [2.45, 2.75) is 82.8 Å². The van der Waals surface area contributed by atoms with Crippen LogP contribution in [0.3, 0.4) is 0 Å². The van der Waals surface area contributed by atoms with Crippen molar-refractivity contribution >= 4 is 5.97 Å². The molecule has 4 rings (SSSR count). The zero-order chi connectivity index (χ0) is 18.3. The molecule has 4 heterocycles. The van der Waals surface area contributed by atoms with Gasteiger partial charge in [-0.25, -0.2) is 0 Å². The molecule has 0 aliphatic carbocycles. The first-order valence-electron chi connectivity index (χ1n) is 8.72. The zero-order valence-electron chi connectivity index (χ0n) is 15.2. The number of aliphatic hydroxyl groups is 1. The van der Waals surface area contributed by atoms with Crippen molar-refractivity contribution in [1.29, 1.82) is 0 Å². The van der Waals surface area contributed by atoms with Crippen LogP contribution in [0.4, 0.5) is 0 Å². The van der Waals surface area contributed by atoms with Crippen LogP contribution in [-0.2, 0) is 33.2 Å². The summed E-state index contributed by atoms with van der Waals surface area (Å²) in [6, 6.07) is 0. The first kappa shape index (κ1) is 17.6. The highest BCUT2D eigenvalue weighted by Crippen LogP contribution is 2.54. The highest BCUT2D eigenvalue weighted by molar-refractivity contribution is 5.79. The molecule has 8 nitrogen and oxygen atoms in total. The Balaban J connectivity index is 1.69. The van der Waals surface area contributed by atoms with Crippen LogP contribution < -0.4 is 0 Å². The van der Waals surface area contributed by atoms with Crippen LogP contribution in [-0.4, -0.2) is 66.1 Å². The molecule has 6 atom stereocenters. The van der Waals surface area contributed by atoms with Gasteiger partial charge in [-0.15, -0.1) is 0 Å². The fourth-order valence-electron chi connectivity index (χ4n) is 4.22. The average molecular weight is 358 g/mol. The van der Waals surface area contributed by atoms with E-state index >= 15 is 0 Å². The Labute approximate surface area is 146 Å². The second kappa shape index (κ2) is 5.15. The molecule has 1 N–H and O–H groups in total. The number of cyclic esters (lactones) is 1. The maximum atomic E-state index is 12.4. The van der Waals surface area contributed by atoms with Gasteiger partial charge in [-0.1, -0.05) is 0 Å². The average Bonchev–Trinajstić information content (AvgIpc) is 3.18. The molecule has 4 aliphatic heterocycles. The van der Waals surface area contributed by atoms with Gasteiger partial charge in [0, 0.05) is 6.42 Å². The minimum absolute atomic E-state index is 0.239. The van der Waals surface area contributed by atoms with Crippen LogP contribution in [0.15, 0.2) is 0 Å².